The molecule has 0 aromatic carbocycles. The highest BCUT2D eigenvalue weighted by Gasteiger charge is 2.26. The smallest absolute Gasteiger partial charge is 0.211 e. The molecule has 1 atom stereocenters. The van der Waals surface area contributed by atoms with E-state index in [2.05, 4.69) is 11.8 Å². The monoisotopic (exact) mass is 249 g/mol. The first kappa shape index (κ1) is 13.9. The Hall–Kier alpha value is -0.170. The summed E-state index contributed by atoms with van der Waals surface area (Å²) in [4.78, 5) is 2.31. The van der Waals surface area contributed by atoms with E-state index in [0.717, 1.165) is 25.9 Å². The van der Waals surface area contributed by atoms with Crippen LogP contribution in [0.3, 0.4) is 0 Å². The van der Waals surface area contributed by atoms with Crippen LogP contribution in [0.15, 0.2) is 0 Å². The van der Waals surface area contributed by atoms with Crippen molar-refractivity contribution in [1.29, 1.82) is 0 Å². The van der Waals surface area contributed by atoms with Crippen molar-refractivity contribution >= 4 is 10.0 Å². The molecule has 16 heavy (non-hydrogen) atoms. The summed E-state index contributed by atoms with van der Waals surface area (Å²) >= 11 is 0. The maximum absolute atomic E-state index is 11.3. The van der Waals surface area contributed by atoms with Gasteiger partial charge in [-0.2, -0.15) is 4.31 Å². The molecule has 1 heterocycles. The van der Waals surface area contributed by atoms with Gasteiger partial charge < -0.3 is 5.73 Å². The Morgan fingerprint density at radius 1 is 1.25 bits per heavy atom. The third-order valence-electron chi connectivity index (χ3n) is 3.15. The van der Waals surface area contributed by atoms with Crippen LogP contribution in [0.1, 0.15) is 19.8 Å². The fraction of sp³-hybridized carbons (Fsp3) is 1.00. The molecule has 5 nitrogen and oxygen atoms in total. The molecule has 96 valence electrons. The van der Waals surface area contributed by atoms with Crippen LogP contribution in [0.4, 0.5) is 0 Å². The van der Waals surface area contributed by atoms with E-state index in [1.54, 1.807) is 4.31 Å². The van der Waals surface area contributed by atoms with E-state index in [0.29, 0.717) is 25.7 Å². The largest absolute Gasteiger partial charge is 0.329 e. The number of hydrogen-bond donors (Lipinski definition) is 1. The van der Waals surface area contributed by atoms with Crippen molar-refractivity contribution in [3.05, 3.63) is 0 Å². The van der Waals surface area contributed by atoms with Crippen LogP contribution in [0.5, 0.6) is 0 Å². The molecule has 2 N–H and O–H groups in total. The molecule has 0 aliphatic carbocycles. The van der Waals surface area contributed by atoms with Gasteiger partial charge in [-0.05, 0) is 6.42 Å². The van der Waals surface area contributed by atoms with E-state index in [1.165, 1.54) is 6.26 Å². The van der Waals surface area contributed by atoms with Crippen molar-refractivity contribution in [2.45, 2.75) is 25.8 Å². The lowest BCUT2D eigenvalue weighted by Gasteiger charge is -2.37. The van der Waals surface area contributed by atoms with Gasteiger partial charge in [0.1, 0.15) is 0 Å². The molecule has 0 spiro atoms. The zero-order chi connectivity index (χ0) is 12.2. The van der Waals surface area contributed by atoms with Crippen LogP contribution < -0.4 is 5.73 Å². The van der Waals surface area contributed by atoms with Crippen LogP contribution in [-0.4, -0.2) is 62.6 Å². The van der Waals surface area contributed by atoms with Crippen LogP contribution in [0, 0.1) is 0 Å². The Bertz CT molecular complexity index is 297. The zero-order valence-corrected chi connectivity index (χ0v) is 11.0. The molecule has 0 saturated carbocycles. The SMILES string of the molecule is CCCC(CN)N1CCN(S(C)(=O)=O)CC1. The first-order chi connectivity index (χ1) is 7.49. The third-order valence-corrected chi connectivity index (χ3v) is 4.46. The predicted molar refractivity (Wildman–Crippen MR) is 65.7 cm³/mol. The summed E-state index contributed by atoms with van der Waals surface area (Å²) < 4.78 is 24.2. The van der Waals surface area contributed by atoms with E-state index >= 15 is 0 Å². The van der Waals surface area contributed by atoms with Gasteiger partial charge in [0.05, 0.1) is 6.26 Å². The Labute approximate surface area is 98.6 Å². The number of hydrogen-bond acceptors (Lipinski definition) is 4. The summed E-state index contributed by atoms with van der Waals surface area (Å²) in [6.07, 6.45) is 3.48. The fourth-order valence-electron chi connectivity index (χ4n) is 2.18. The number of piperazine rings is 1. The van der Waals surface area contributed by atoms with Crippen molar-refractivity contribution < 1.29 is 8.42 Å². The molecule has 6 heteroatoms. The van der Waals surface area contributed by atoms with Gasteiger partial charge in [-0.1, -0.05) is 13.3 Å². The Morgan fingerprint density at radius 3 is 2.19 bits per heavy atom. The van der Waals surface area contributed by atoms with Gasteiger partial charge in [0.15, 0.2) is 0 Å². The number of nitrogens with zero attached hydrogens (tertiary/aromatic N) is 2. The molecule has 1 aliphatic rings. The second kappa shape index (κ2) is 5.95. The molecule has 0 aromatic rings. The van der Waals surface area contributed by atoms with Crippen molar-refractivity contribution in [3.63, 3.8) is 0 Å². The average molecular weight is 249 g/mol. The van der Waals surface area contributed by atoms with E-state index in [9.17, 15) is 8.42 Å². The van der Waals surface area contributed by atoms with E-state index < -0.39 is 10.0 Å². The highest BCUT2D eigenvalue weighted by molar-refractivity contribution is 7.88. The molecule has 0 radical (unpaired) electrons. The summed E-state index contributed by atoms with van der Waals surface area (Å²) in [6, 6.07) is 0.409. The second-order valence-corrected chi connectivity index (χ2v) is 6.36. The van der Waals surface area contributed by atoms with Gasteiger partial charge in [0.2, 0.25) is 10.0 Å². The minimum atomic E-state index is -3.02. The van der Waals surface area contributed by atoms with Crippen LogP contribution in [0.2, 0.25) is 0 Å². The summed E-state index contributed by atoms with van der Waals surface area (Å²) in [6.45, 7) is 5.60. The van der Waals surface area contributed by atoms with E-state index in [4.69, 9.17) is 5.73 Å². The normalized spacial score (nSPS) is 22.2. The molecule has 0 amide bonds. The van der Waals surface area contributed by atoms with Crippen molar-refractivity contribution in [2.75, 3.05) is 39.0 Å². The fourth-order valence-corrected chi connectivity index (χ4v) is 3.01. The molecule has 1 aliphatic heterocycles. The molecule has 0 bridgehead atoms. The van der Waals surface area contributed by atoms with Crippen LogP contribution in [0.25, 0.3) is 0 Å². The number of nitrogens with two attached hydrogens (primary N) is 1. The molecule has 1 rings (SSSR count). The maximum Gasteiger partial charge on any atom is 0.211 e. The van der Waals surface area contributed by atoms with Gasteiger partial charge in [0.25, 0.3) is 0 Å². The maximum atomic E-state index is 11.3. The van der Waals surface area contributed by atoms with Gasteiger partial charge >= 0.3 is 0 Å². The Balaban J connectivity index is 2.47. The number of rotatable bonds is 5. The van der Waals surface area contributed by atoms with Crippen molar-refractivity contribution in [3.8, 4) is 0 Å². The molecule has 1 fully saturated rings. The van der Waals surface area contributed by atoms with E-state index in [-0.39, 0.29) is 0 Å². The van der Waals surface area contributed by atoms with Gasteiger partial charge in [-0.3, -0.25) is 4.90 Å². The quantitative estimate of drug-likeness (QED) is 0.726. The van der Waals surface area contributed by atoms with Gasteiger partial charge in [0, 0.05) is 38.8 Å². The van der Waals surface area contributed by atoms with Crippen LogP contribution >= 0.6 is 0 Å². The molecular weight excluding hydrogens is 226 g/mol. The standard InChI is InChI=1S/C10H23N3O2S/c1-3-4-10(9-11)12-5-7-13(8-6-12)16(2,14)15/h10H,3-9,11H2,1-2H3. The minimum Gasteiger partial charge on any atom is -0.329 e. The van der Waals surface area contributed by atoms with Gasteiger partial charge in [-0.15, -0.1) is 0 Å². The predicted octanol–water partition coefficient (Wildman–Crippen LogP) is -0.309. The molecule has 1 saturated heterocycles. The van der Waals surface area contributed by atoms with Gasteiger partial charge in [-0.25, -0.2) is 8.42 Å². The highest BCUT2D eigenvalue weighted by atomic mass is 32.2. The minimum absolute atomic E-state index is 0.409. The Morgan fingerprint density at radius 2 is 1.81 bits per heavy atom. The summed E-state index contributed by atoms with van der Waals surface area (Å²) in [5.41, 5.74) is 5.74. The van der Waals surface area contributed by atoms with Crippen molar-refractivity contribution in [1.82, 2.24) is 9.21 Å². The summed E-state index contributed by atoms with van der Waals surface area (Å²) in [5.74, 6) is 0. The third kappa shape index (κ3) is 3.69. The second-order valence-electron chi connectivity index (χ2n) is 4.38. The topological polar surface area (TPSA) is 66.6 Å². The Kier molecular flexibility index (Phi) is 5.17. The first-order valence-corrected chi connectivity index (χ1v) is 7.73. The average Bonchev–Trinajstić information content (AvgIpc) is 2.25. The lowest BCUT2D eigenvalue weighted by molar-refractivity contribution is 0.134. The first-order valence-electron chi connectivity index (χ1n) is 5.88. The lowest BCUT2D eigenvalue weighted by atomic mass is 10.1. The molecule has 0 aromatic heterocycles. The summed E-state index contributed by atoms with van der Waals surface area (Å²) in [7, 11) is -3.02. The molecule has 1 unspecified atom stereocenters. The van der Waals surface area contributed by atoms with E-state index in [1.807, 2.05) is 0 Å². The summed E-state index contributed by atoms with van der Waals surface area (Å²) in [5, 5.41) is 0. The lowest BCUT2D eigenvalue weighted by Crippen LogP contribution is -2.53. The van der Waals surface area contributed by atoms with Crippen molar-refractivity contribution in [2.24, 2.45) is 5.73 Å². The zero-order valence-electron chi connectivity index (χ0n) is 10.2. The van der Waals surface area contributed by atoms with Crippen LogP contribution in [-0.2, 0) is 10.0 Å². The number of sulfonamides is 1. The highest BCUT2D eigenvalue weighted by Crippen LogP contribution is 2.11. The molecular formula is C10H23N3O2S.